The molecule has 0 radical (unpaired) electrons. The van der Waals surface area contributed by atoms with E-state index in [9.17, 15) is 9.59 Å². The van der Waals surface area contributed by atoms with E-state index in [0.717, 1.165) is 18.7 Å². The zero-order chi connectivity index (χ0) is 19.1. The van der Waals surface area contributed by atoms with Gasteiger partial charge in [0.15, 0.2) is 0 Å². The average molecular weight is 388 g/mol. The average Bonchev–Trinajstić information content (AvgIpc) is 3.22. The Balaban J connectivity index is 1.54. The quantitative estimate of drug-likeness (QED) is 0.766. The molecule has 2 heterocycles. The summed E-state index contributed by atoms with van der Waals surface area (Å²) in [7, 11) is 0. The van der Waals surface area contributed by atoms with Crippen LogP contribution in [-0.2, 0) is 11.2 Å². The van der Waals surface area contributed by atoms with Crippen molar-refractivity contribution in [2.24, 2.45) is 0 Å². The van der Waals surface area contributed by atoms with E-state index in [4.69, 9.17) is 5.11 Å². The molecule has 1 aliphatic heterocycles. The largest absolute Gasteiger partial charge is 0.481 e. The molecule has 2 amide bonds. The van der Waals surface area contributed by atoms with E-state index in [-0.39, 0.29) is 18.5 Å². The lowest BCUT2D eigenvalue weighted by Crippen LogP contribution is -2.53. The fourth-order valence-corrected chi connectivity index (χ4v) is 4.05. The minimum absolute atomic E-state index is 0.0456. The van der Waals surface area contributed by atoms with Gasteiger partial charge in [-0.3, -0.25) is 4.79 Å². The molecule has 1 atom stereocenters. The van der Waals surface area contributed by atoms with Gasteiger partial charge in [0.25, 0.3) is 0 Å². The summed E-state index contributed by atoms with van der Waals surface area (Å²) in [5.74, 6) is -0.841. The number of benzene rings is 1. The van der Waals surface area contributed by atoms with Crippen molar-refractivity contribution in [3.05, 3.63) is 53.4 Å². The summed E-state index contributed by atoms with van der Waals surface area (Å²) >= 11 is 1.71. The number of aliphatic carboxylic acids is 1. The van der Waals surface area contributed by atoms with Gasteiger partial charge in [-0.15, -0.1) is 11.3 Å². The van der Waals surface area contributed by atoms with E-state index in [1.165, 1.54) is 5.00 Å². The van der Waals surface area contributed by atoms with Crippen LogP contribution in [0.15, 0.2) is 47.8 Å². The Hall–Kier alpha value is -2.54. The van der Waals surface area contributed by atoms with Crippen LogP contribution in [-0.4, -0.2) is 54.2 Å². The second-order valence-corrected chi connectivity index (χ2v) is 7.62. The smallest absolute Gasteiger partial charge is 0.317 e. The molecule has 0 spiro atoms. The van der Waals surface area contributed by atoms with E-state index in [0.29, 0.717) is 25.9 Å². The van der Waals surface area contributed by atoms with Crippen molar-refractivity contribution < 1.29 is 14.7 Å². The van der Waals surface area contributed by atoms with Crippen LogP contribution in [0.4, 0.5) is 9.80 Å². The first-order valence-electron chi connectivity index (χ1n) is 9.21. The molecule has 27 heavy (non-hydrogen) atoms. The predicted molar refractivity (Wildman–Crippen MR) is 107 cm³/mol. The van der Waals surface area contributed by atoms with Crippen molar-refractivity contribution in [1.29, 1.82) is 0 Å². The Bertz CT molecular complexity index is 728. The van der Waals surface area contributed by atoms with Crippen LogP contribution in [0, 0.1) is 0 Å². The molecule has 7 heteroatoms. The molecule has 1 fully saturated rings. The first-order chi connectivity index (χ1) is 13.1. The lowest BCUT2D eigenvalue weighted by atomic mass is 10.0. The second kappa shape index (κ2) is 9.41. The van der Waals surface area contributed by atoms with Gasteiger partial charge in [0.2, 0.25) is 0 Å². The Kier molecular flexibility index (Phi) is 6.70. The zero-order valence-corrected chi connectivity index (χ0v) is 16.0. The van der Waals surface area contributed by atoms with Crippen LogP contribution in [0.5, 0.6) is 0 Å². The lowest BCUT2D eigenvalue weighted by molar-refractivity contribution is -0.137. The molecule has 1 unspecified atom stereocenters. The fraction of sp³-hybridized carbons (Fsp3) is 0.400. The number of hydrogen-bond donors (Lipinski definition) is 2. The predicted octanol–water partition coefficient (Wildman–Crippen LogP) is 3.06. The molecule has 3 rings (SSSR count). The van der Waals surface area contributed by atoms with Crippen molar-refractivity contribution in [3.8, 4) is 0 Å². The Morgan fingerprint density at radius 2 is 1.81 bits per heavy atom. The van der Waals surface area contributed by atoms with Crippen LogP contribution in [0.2, 0.25) is 0 Å². The zero-order valence-electron chi connectivity index (χ0n) is 15.2. The third kappa shape index (κ3) is 5.72. The molecule has 144 valence electrons. The lowest BCUT2D eigenvalue weighted by Gasteiger charge is -2.36. The van der Waals surface area contributed by atoms with Gasteiger partial charge in [0.05, 0.1) is 5.00 Å². The highest BCUT2D eigenvalue weighted by Crippen LogP contribution is 2.22. The molecule has 2 N–H and O–H groups in total. The molecule has 0 aliphatic carbocycles. The van der Waals surface area contributed by atoms with E-state index in [2.05, 4.69) is 21.7 Å². The molecular weight excluding hydrogens is 362 g/mol. The normalized spacial score (nSPS) is 15.4. The monoisotopic (exact) mass is 387 g/mol. The number of piperazine rings is 1. The van der Waals surface area contributed by atoms with Crippen molar-refractivity contribution in [2.75, 3.05) is 31.1 Å². The molecule has 2 aromatic rings. The highest BCUT2D eigenvalue weighted by molar-refractivity contribution is 7.14. The summed E-state index contributed by atoms with van der Waals surface area (Å²) in [6.07, 6.45) is 1.10. The first kappa shape index (κ1) is 19.2. The second-order valence-electron chi connectivity index (χ2n) is 6.69. The Morgan fingerprint density at radius 1 is 1.07 bits per heavy atom. The van der Waals surface area contributed by atoms with Gasteiger partial charge in [-0.25, -0.2) is 4.79 Å². The van der Waals surface area contributed by atoms with E-state index >= 15 is 0 Å². The van der Waals surface area contributed by atoms with Gasteiger partial charge in [-0.05, 0) is 35.9 Å². The summed E-state index contributed by atoms with van der Waals surface area (Å²) in [5.41, 5.74) is 1.09. The maximum atomic E-state index is 12.7. The summed E-state index contributed by atoms with van der Waals surface area (Å²) in [4.78, 5) is 27.8. The van der Waals surface area contributed by atoms with E-state index in [1.54, 1.807) is 11.3 Å². The number of amides is 2. The summed E-state index contributed by atoms with van der Waals surface area (Å²) in [5, 5.41) is 15.3. The minimum Gasteiger partial charge on any atom is -0.481 e. The van der Waals surface area contributed by atoms with Crippen LogP contribution in [0.3, 0.4) is 0 Å². The van der Waals surface area contributed by atoms with Gasteiger partial charge in [-0.1, -0.05) is 30.3 Å². The van der Waals surface area contributed by atoms with Crippen LogP contribution >= 0.6 is 11.3 Å². The molecule has 6 nitrogen and oxygen atoms in total. The first-order valence-corrected chi connectivity index (χ1v) is 10.1. The number of hydrogen-bond acceptors (Lipinski definition) is 4. The van der Waals surface area contributed by atoms with Crippen molar-refractivity contribution in [3.63, 3.8) is 0 Å². The Labute approximate surface area is 163 Å². The van der Waals surface area contributed by atoms with Gasteiger partial charge in [0, 0.05) is 38.6 Å². The highest BCUT2D eigenvalue weighted by Gasteiger charge is 2.24. The minimum atomic E-state index is -0.841. The number of thiophene rings is 1. The SMILES string of the molecule is O=C(O)CCC(Cc1ccccc1)NC(=O)N1CCN(c2cccs2)CC1. The summed E-state index contributed by atoms with van der Waals surface area (Å²) in [6, 6.07) is 13.7. The van der Waals surface area contributed by atoms with Crippen molar-refractivity contribution >= 4 is 28.3 Å². The molecule has 1 aromatic heterocycles. The van der Waals surface area contributed by atoms with E-state index in [1.807, 2.05) is 41.3 Å². The number of nitrogens with zero attached hydrogens (tertiary/aromatic N) is 2. The maximum Gasteiger partial charge on any atom is 0.317 e. The van der Waals surface area contributed by atoms with Crippen LogP contribution in [0.1, 0.15) is 18.4 Å². The number of carbonyl (C=O) groups excluding carboxylic acids is 1. The number of carboxylic acid groups (broad SMARTS) is 1. The highest BCUT2D eigenvalue weighted by atomic mass is 32.1. The van der Waals surface area contributed by atoms with Crippen LogP contribution < -0.4 is 10.2 Å². The molecule has 1 saturated heterocycles. The fourth-order valence-electron chi connectivity index (χ4n) is 3.27. The molecule has 1 aromatic carbocycles. The topological polar surface area (TPSA) is 72.9 Å². The third-order valence-corrected chi connectivity index (χ3v) is 5.67. The number of rotatable bonds is 7. The van der Waals surface area contributed by atoms with Gasteiger partial charge >= 0.3 is 12.0 Å². The standard InChI is InChI=1S/C20H25N3O3S/c24-19(25)9-8-17(15-16-5-2-1-3-6-16)21-20(26)23-12-10-22(11-13-23)18-7-4-14-27-18/h1-7,14,17H,8-13,15H2,(H,21,26)(H,24,25). The Morgan fingerprint density at radius 3 is 2.44 bits per heavy atom. The van der Waals surface area contributed by atoms with Gasteiger partial charge in [-0.2, -0.15) is 0 Å². The van der Waals surface area contributed by atoms with Gasteiger partial charge in [0.1, 0.15) is 0 Å². The van der Waals surface area contributed by atoms with E-state index < -0.39 is 5.97 Å². The van der Waals surface area contributed by atoms with Crippen molar-refractivity contribution in [1.82, 2.24) is 10.2 Å². The summed E-state index contributed by atoms with van der Waals surface area (Å²) < 4.78 is 0. The number of carboxylic acids is 1. The summed E-state index contributed by atoms with van der Waals surface area (Å²) in [6.45, 7) is 2.96. The molecular formula is C20H25N3O3S. The van der Waals surface area contributed by atoms with Gasteiger partial charge < -0.3 is 20.2 Å². The maximum absolute atomic E-state index is 12.7. The number of carbonyl (C=O) groups is 2. The number of nitrogens with one attached hydrogen (secondary N) is 1. The number of urea groups is 1. The molecule has 0 bridgehead atoms. The molecule has 1 aliphatic rings. The van der Waals surface area contributed by atoms with Crippen molar-refractivity contribution in [2.45, 2.75) is 25.3 Å². The number of anilines is 1. The molecule has 0 saturated carbocycles. The third-order valence-electron chi connectivity index (χ3n) is 4.74. The van der Waals surface area contributed by atoms with Crippen LogP contribution in [0.25, 0.3) is 0 Å².